The molecular formula is C7H16BN. The van der Waals surface area contributed by atoms with Crippen LogP contribution in [-0.2, 0) is 0 Å². The molecule has 0 saturated heterocycles. The zero-order valence-corrected chi connectivity index (χ0v) is 6.10. The number of nitrogens with two attached hydrogens (primary N) is 1. The van der Waals surface area contributed by atoms with E-state index in [1.165, 1.54) is 38.4 Å². The Morgan fingerprint density at radius 2 is 1.89 bits per heavy atom. The zero-order valence-electron chi connectivity index (χ0n) is 6.10. The molecule has 0 aromatic carbocycles. The first-order valence-electron chi connectivity index (χ1n) is 4.13. The van der Waals surface area contributed by atoms with Gasteiger partial charge in [-0.3, -0.25) is 0 Å². The van der Waals surface area contributed by atoms with E-state index in [0.717, 1.165) is 13.3 Å². The highest BCUT2D eigenvalue weighted by Gasteiger charge is 2.11. The van der Waals surface area contributed by atoms with Crippen molar-refractivity contribution >= 4 is 7.41 Å². The average Bonchev–Trinajstić information content (AvgIpc) is 1.91. The van der Waals surface area contributed by atoms with Gasteiger partial charge in [-0.1, -0.05) is 38.4 Å². The van der Waals surface area contributed by atoms with E-state index in [4.69, 9.17) is 5.64 Å². The van der Waals surface area contributed by atoms with E-state index in [1.54, 1.807) is 0 Å². The second-order valence-corrected chi connectivity index (χ2v) is 3.08. The fourth-order valence-corrected chi connectivity index (χ4v) is 1.71. The van der Waals surface area contributed by atoms with Crippen LogP contribution in [0.25, 0.3) is 0 Å². The van der Waals surface area contributed by atoms with E-state index in [0.29, 0.717) is 0 Å². The molecule has 1 aliphatic carbocycles. The van der Waals surface area contributed by atoms with Crippen molar-refractivity contribution in [2.75, 3.05) is 0 Å². The molecule has 0 heterocycles. The van der Waals surface area contributed by atoms with Crippen molar-refractivity contribution in [1.29, 1.82) is 0 Å². The Hall–Kier alpha value is 0.0249. The smallest absolute Gasteiger partial charge is 0.198 e. The van der Waals surface area contributed by atoms with Gasteiger partial charge in [0, 0.05) is 0 Å². The quantitative estimate of drug-likeness (QED) is 0.553. The predicted molar refractivity (Wildman–Crippen MR) is 42.7 cm³/mol. The molecule has 9 heavy (non-hydrogen) atoms. The molecule has 0 radical (unpaired) electrons. The van der Waals surface area contributed by atoms with Crippen LogP contribution >= 0.6 is 0 Å². The van der Waals surface area contributed by atoms with Crippen LogP contribution in [0, 0.1) is 5.92 Å². The Morgan fingerprint density at radius 1 is 1.22 bits per heavy atom. The third-order valence-corrected chi connectivity index (χ3v) is 2.30. The molecule has 0 amide bonds. The third kappa shape index (κ3) is 2.40. The van der Waals surface area contributed by atoms with E-state index in [1.807, 2.05) is 0 Å². The van der Waals surface area contributed by atoms with E-state index < -0.39 is 0 Å². The highest BCUT2D eigenvalue weighted by atomic mass is 14.4. The lowest BCUT2D eigenvalue weighted by Gasteiger charge is -2.19. The predicted octanol–water partition coefficient (Wildman–Crippen LogP) is 1.30. The first-order valence-corrected chi connectivity index (χ1v) is 4.13. The molecule has 1 aliphatic rings. The zero-order chi connectivity index (χ0) is 6.53. The van der Waals surface area contributed by atoms with Gasteiger partial charge in [-0.05, 0) is 5.92 Å². The molecule has 2 heteroatoms. The summed E-state index contributed by atoms with van der Waals surface area (Å²) in [4.78, 5) is 0. The fourth-order valence-electron chi connectivity index (χ4n) is 1.71. The lowest BCUT2D eigenvalue weighted by molar-refractivity contribution is 0.384. The van der Waals surface area contributed by atoms with E-state index in [2.05, 4.69) is 0 Å². The second kappa shape index (κ2) is 3.94. The van der Waals surface area contributed by atoms with Gasteiger partial charge in [-0.15, -0.1) is 0 Å². The molecule has 0 aromatic rings. The van der Waals surface area contributed by atoms with E-state index >= 15 is 0 Å². The molecule has 0 aromatic heterocycles. The SMILES string of the molecule is NBCC1CCCCC1. The van der Waals surface area contributed by atoms with Crippen LogP contribution in [0.1, 0.15) is 32.1 Å². The van der Waals surface area contributed by atoms with Crippen LogP contribution in [0.4, 0.5) is 0 Å². The largest absolute Gasteiger partial charge is 0.373 e. The van der Waals surface area contributed by atoms with Crippen molar-refractivity contribution in [3.05, 3.63) is 0 Å². The van der Waals surface area contributed by atoms with Crippen molar-refractivity contribution in [1.82, 2.24) is 0 Å². The molecule has 1 nitrogen and oxygen atoms in total. The maximum absolute atomic E-state index is 5.46. The Kier molecular flexibility index (Phi) is 3.12. The standard InChI is InChI=1S/C7H16BN/c9-8-6-7-4-2-1-3-5-7/h7-8H,1-6,9H2. The topological polar surface area (TPSA) is 26.0 Å². The van der Waals surface area contributed by atoms with Crippen molar-refractivity contribution in [2.24, 2.45) is 11.6 Å². The van der Waals surface area contributed by atoms with Crippen LogP contribution in [0.5, 0.6) is 0 Å². The van der Waals surface area contributed by atoms with Gasteiger partial charge in [0.05, 0.1) is 0 Å². The summed E-state index contributed by atoms with van der Waals surface area (Å²) in [6, 6.07) is 0. The first kappa shape index (κ1) is 7.14. The Labute approximate surface area is 58.3 Å². The summed E-state index contributed by atoms with van der Waals surface area (Å²) in [5.74, 6) is 0.976. The Balaban J connectivity index is 2.08. The van der Waals surface area contributed by atoms with E-state index in [-0.39, 0.29) is 0 Å². The third-order valence-electron chi connectivity index (χ3n) is 2.30. The molecule has 0 atom stereocenters. The molecule has 1 rings (SSSR count). The van der Waals surface area contributed by atoms with Gasteiger partial charge in [0.1, 0.15) is 0 Å². The molecule has 1 fully saturated rings. The van der Waals surface area contributed by atoms with Gasteiger partial charge in [-0.2, -0.15) is 0 Å². The highest BCUT2D eigenvalue weighted by molar-refractivity contribution is 6.30. The van der Waals surface area contributed by atoms with Crippen LogP contribution in [0.2, 0.25) is 6.32 Å². The highest BCUT2D eigenvalue weighted by Crippen LogP contribution is 2.25. The lowest BCUT2D eigenvalue weighted by atomic mass is 9.75. The second-order valence-electron chi connectivity index (χ2n) is 3.08. The summed E-state index contributed by atoms with van der Waals surface area (Å²) in [5.41, 5.74) is 5.46. The maximum atomic E-state index is 5.46. The molecule has 2 N–H and O–H groups in total. The summed E-state index contributed by atoms with van der Waals surface area (Å²) in [5, 5.41) is 0. The normalized spacial score (nSPS) is 21.9. The Morgan fingerprint density at radius 3 is 2.44 bits per heavy atom. The fraction of sp³-hybridized carbons (Fsp3) is 1.00. The average molecular weight is 125 g/mol. The van der Waals surface area contributed by atoms with Crippen molar-refractivity contribution < 1.29 is 0 Å². The number of rotatable bonds is 2. The molecule has 0 aliphatic heterocycles. The molecule has 1 saturated carbocycles. The van der Waals surface area contributed by atoms with E-state index in [9.17, 15) is 0 Å². The summed E-state index contributed by atoms with van der Waals surface area (Å²) < 4.78 is 0. The van der Waals surface area contributed by atoms with Gasteiger partial charge in [0.2, 0.25) is 0 Å². The van der Waals surface area contributed by atoms with Crippen LogP contribution in [-0.4, -0.2) is 7.41 Å². The first-order chi connectivity index (χ1) is 4.43. The van der Waals surface area contributed by atoms with Crippen LogP contribution in [0.15, 0.2) is 0 Å². The molecule has 0 bridgehead atoms. The van der Waals surface area contributed by atoms with Crippen molar-refractivity contribution in [3.8, 4) is 0 Å². The van der Waals surface area contributed by atoms with Gasteiger partial charge in [0.15, 0.2) is 7.41 Å². The van der Waals surface area contributed by atoms with Crippen molar-refractivity contribution in [2.45, 2.75) is 38.4 Å². The lowest BCUT2D eigenvalue weighted by Crippen LogP contribution is -2.13. The summed E-state index contributed by atoms with van der Waals surface area (Å²) in [7, 11) is 0.894. The summed E-state index contributed by atoms with van der Waals surface area (Å²) in [6.45, 7) is 0. The van der Waals surface area contributed by atoms with Gasteiger partial charge < -0.3 is 5.64 Å². The number of hydrogen-bond acceptors (Lipinski definition) is 1. The maximum Gasteiger partial charge on any atom is 0.198 e. The summed E-state index contributed by atoms with van der Waals surface area (Å²) in [6.07, 6.45) is 8.50. The van der Waals surface area contributed by atoms with Crippen molar-refractivity contribution in [3.63, 3.8) is 0 Å². The minimum atomic E-state index is 0.894. The van der Waals surface area contributed by atoms with Gasteiger partial charge >= 0.3 is 0 Å². The summed E-state index contributed by atoms with van der Waals surface area (Å²) >= 11 is 0. The monoisotopic (exact) mass is 125 g/mol. The molecule has 52 valence electrons. The minimum Gasteiger partial charge on any atom is -0.373 e. The van der Waals surface area contributed by atoms with Gasteiger partial charge in [-0.25, -0.2) is 0 Å². The molecular weight excluding hydrogens is 109 g/mol. The molecule has 0 spiro atoms. The Bertz CT molecular complexity index is 66.6. The van der Waals surface area contributed by atoms with Crippen LogP contribution in [0.3, 0.4) is 0 Å². The number of hydrogen-bond donors (Lipinski definition) is 1. The van der Waals surface area contributed by atoms with Gasteiger partial charge in [0.25, 0.3) is 0 Å². The molecule has 0 unspecified atom stereocenters. The minimum absolute atomic E-state index is 0.894. The van der Waals surface area contributed by atoms with Crippen LogP contribution < -0.4 is 5.64 Å².